The van der Waals surface area contributed by atoms with Crippen molar-refractivity contribution in [2.24, 2.45) is 9.98 Å². The lowest BCUT2D eigenvalue weighted by atomic mass is 9.84. The molecule has 0 radical (unpaired) electrons. The van der Waals surface area contributed by atoms with E-state index in [0.29, 0.717) is 5.71 Å². The van der Waals surface area contributed by atoms with Crippen LogP contribution in [0.2, 0.25) is 0 Å². The molecule has 0 saturated carbocycles. The molecule has 3 nitrogen and oxygen atoms in total. The number of aliphatic imine (C=N–C) groups is 2. The molecule has 0 amide bonds. The van der Waals surface area contributed by atoms with Gasteiger partial charge in [-0.3, -0.25) is 0 Å². The van der Waals surface area contributed by atoms with Gasteiger partial charge in [-0.25, -0.2) is 27.5 Å². The molecule has 1 heterocycles. The zero-order valence-electron chi connectivity index (χ0n) is 17.2. The van der Waals surface area contributed by atoms with Gasteiger partial charge in [0, 0.05) is 23.6 Å². The number of rotatable bonds is 5. The molecule has 0 spiro atoms. The first-order chi connectivity index (χ1) is 15.4. The highest BCUT2D eigenvalue weighted by atomic mass is 19.3. The molecular weight excluding hydrogens is 420 g/mol. The molecule has 0 aromatic heterocycles. The smallest absolute Gasteiger partial charge is 0.270 e. The summed E-state index contributed by atoms with van der Waals surface area (Å²) in [6.07, 6.45) is -5.50. The van der Waals surface area contributed by atoms with Crippen molar-refractivity contribution in [1.82, 2.24) is 0 Å². The summed E-state index contributed by atoms with van der Waals surface area (Å²) in [5.74, 6) is -1.10. The van der Waals surface area contributed by atoms with Gasteiger partial charge >= 0.3 is 0 Å². The predicted octanol–water partition coefficient (Wildman–Crippen LogP) is 6.24. The van der Waals surface area contributed by atoms with Crippen molar-refractivity contribution < 1.29 is 22.3 Å². The molecule has 4 rings (SSSR count). The van der Waals surface area contributed by atoms with Crippen molar-refractivity contribution in [2.75, 3.05) is 6.61 Å². The molecule has 7 heteroatoms. The molecule has 3 aromatic rings. The predicted molar refractivity (Wildman–Crippen MR) is 116 cm³/mol. The molecular formula is C25H20F4N2O. The van der Waals surface area contributed by atoms with E-state index in [0.717, 1.165) is 23.3 Å². The molecule has 2 atom stereocenters. The Labute approximate surface area is 183 Å². The highest BCUT2D eigenvalue weighted by Gasteiger charge is 2.53. The van der Waals surface area contributed by atoms with Crippen LogP contribution in [-0.4, -0.2) is 30.8 Å². The summed E-state index contributed by atoms with van der Waals surface area (Å²) in [4.78, 5) is 8.38. The summed E-state index contributed by atoms with van der Waals surface area (Å²) in [5, 5.41) is 0. The van der Waals surface area contributed by atoms with E-state index >= 15 is 0 Å². The Morgan fingerprint density at radius 1 is 1.00 bits per heavy atom. The third-order valence-corrected chi connectivity index (χ3v) is 5.31. The molecule has 0 N–H and O–H groups in total. The second kappa shape index (κ2) is 8.94. The first-order valence-electron chi connectivity index (χ1n) is 10.0. The lowest BCUT2D eigenvalue weighted by molar-refractivity contribution is -0.0298. The van der Waals surface area contributed by atoms with Crippen LogP contribution in [0.15, 0.2) is 88.8 Å². The molecule has 1 aliphatic heterocycles. The van der Waals surface area contributed by atoms with Gasteiger partial charge in [0.2, 0.25) is 0 Å². The Hall–Kier alpha value is -3.48. The number of halogens is 4. The van der Waals surface area contributed by atoms with Crippen molar-refractivity contribution in [1.29, 1.82) is 0 Å². The monoisotopic (exact) mass is 440 g/mol. The van der Waals surface area contributed by atoms with Gasteiger partial charge in [-0.2, -0.15) is 0 Å². The van der Waals surface area contributed by atoms with Gasteiger partial charge in [-0.15, -0.1) is 0 Å². The lowest BCUT2D eigenvalue weighted by Gasteiger charge is -2.36. The van der Waals surface area contributed by atoms with E-state index in [9.17, 15) is 17.6 Å². The van der Waals surface area contributed by atoms with E-state index in [4.69, 9.17) is 4.74 Å². The Balaban J connectivity index is 1.89. The van der Waals surface area contributed by atoms with Crippen LogP contribution in [0.4, 0.5) is 23.2 Å². The van der Waals surface area contributed by atoms with Gasteiger partial charge in [0.05, 0.1) is 11.4 Å². The summed E-state index contributed by atoms with van der Waals surface area (Å²) in [7, 11) is 0. The number of alkyl halides is 3. The molecule has 164 valence electrons. The van der Waals surface area contributed by atoms with Crippen LogP contribution >= 0.6 is 0 Å². The van der Waals surface area contributed by atoms with E-state index < -0.39 is 36.1 Å². The second-order valence-corrected chi connectivity index (χ2v) is 7.39. The molecule has 32 heavy (non-hydrogen) atoms. The number of benzene rings is 3. The van der Waals surface area contributed by atoms with Crippen molar-refractivity contribution in [3.63, 3.8) is 0 Å². The van der Waals surface area contributed by atoms with Gasteiger partial charge in [0.25, 0.3) is 6.43 Å². The number of nitrogens with zero attached hydrogens (tertiary/aromatic N) is 2. The summed E-state index contributed by atoms with van der Waals surface area (Å²) < 4.78 is 62.9. The number of hydrogen-bond donors (Lipinski definition) is 0. The standard InChI is InChI=1S/C25H20F4N2O/c1-16-31-25(24(28)29,22(27)15-32-16)20-14-19(12-13-21(20)26)30-23(17-8-4-2-5-9-17)18-10-6-3-7-11-18/h2-14,22,24H,15H2,1H3/t22-,25+/m0/s1. The van der Waals surface area contributed by atoms with Gasteiger partial charge < -0.3 is 4.74 Å². The van der Waals surface area contributed by atoms with Crippen molar-refractivity contribution >= 4 is 17.3 Å². The third-order valence-electron chi connectivity index (χ3n) is 5.31. The zero-order chi connectivity index (χ0) is 22.7. The maximum absolute atomic E-state index is 14.8. The largest absolute Gasteiger partial charge is 0.478 e. The first-order valence-corrected chi connectivity index (χ1v) is 10.0. The molecule has 0 aliphatic carbocycles. The minimum Gasteiger partial charge on any atom is -0.478 e. The average Bonchev–Trinajstić information content (AvgIpc) is 2.81. The lowest BCUT2D eigenvalue weighted by Crippen LogP contribution is -2.48. The molecule has 0 saturated heterocycles. The minimum absolute atomic E-state index is 0.123. The van der Waals surface area contributed by atoms with Crippen LogP contribution in [-0.2, 0) is 10.3 Å². The van der Waals surface area contributed by atoms with E-state index in [2.05, 4.69) is 9.98 Å². The summed E-state index contributed by atoms with van der Waals surface area (Å²) >= 11 is 0. The summed E-state index contributed by atoms with van der Waals surface area (Å²) in [6, 6.07) is 22.1. The van der Waals surface area contributed by atoms with E-state index in [1.165, 1.54) is 13.0 Å². The molecule has 0 unspecified atom stereocenters. The molecule has 1 aliphatic rings. The quantitative estimate of drug-likeness (QED) is 0.341. The Kier molecular flexibility index (Phi) is 6.08. The molecule has 0 bridgehead atoms. The Bertz CT molecular complexity index is 1110. The maximum atomic E-state index is 14.8. The SMILES string of the molecule is CC1=N[C@@](c2cc(N=C(c3ccccc3)c3ccccc3)ccc2F)(C(F)F)[C@@H](F)CO1. The van der Waals surface area contributed by atoms with E-state index in [1.54, 1.807) is 0 Å². The fraction of sp³-hybridized carbons (Fsp3) is 0.200. The highest BCUT2D eigenvalue weighted by Crippen LogP contribution is 2.43. The maximum Gasteiger partial charge on any atom is 0.270 e. The van der Waals surface area contributed by atoms with Crippen molar-refractivity contribution in [3.8, 4) is 0 Å². The van der Waals surface area contributed by atoms with Gasteiger partial charge in [0.1, 0.15) is 12.4 Å². The van der Waals surface area contributed by atoms with Crippen LogP contribution in [0.5, 0.6) is 0 Å². The van der Waals surface area contributed by atoms with Crippen LogP contribution < -0.4 is 0 Å². The third kappa shape index (κ3) is 4.02. The Morgan fingerprint density at radius 3 is 2.16 bits per heavy atom. The zero-order valence-corrected chi connectivity index (χ0v) is 17.2. The fourth-order valence-corrected chi connectivity index (χ4v) is 3.72. The second-order valence-electron chi connectivity index (χ2n) is 7.39. The Morgan fingerprint density at radius 2 is 1.59 bits per heavy atom. The molecule has 0 fully saturated rings. The van der Waals surface area contributed by atoms with Crippen LogP contribution in [0.25, 0.3) is 0 Å². The van der Waals surface area contributed by atoms with Crippen molar-refractivity contribution in [2.45, 2.75) is 25.1 Å². The van der Waals surface area contributed by atoms with Gasteiger partial charge in [-0.05, 0) is 18.2 Å². The average molecular weight is 440 g/mol. The highest BCUT2D eigenvalue weighted by molar-refractivity contribution is 6.13. The molecule has 3 aromatic carbocycles. The van der Waals surface area contributed by atoms with E-state index in [-0.39, 0.29) is 11.6 Å². The number of hydrogen-bond acceptors (Lipinski definition) is 3. The van der Waals surface area contributed by atoms with Crippen LogP contribution in [0.3, 0.4) is 0 Å². The van der Waals surface area contributed by atoms with Gasteiger partial charge in [0.15, 0.2) is 17.6 Å². The normalized spacial score (nSPS) is 20.4. The van der Waals surface area contributed by atoms with Gasteiger partial charge in [-0.1, -0.05) is 60.7 Å². The van der Waals surface area contributed by atoms with Crippen molar-refractivity contribution in [3.05, 3.63) is 101 Å². The van der Waals surface area contributed by atoms with Crippen LogP contribution in [0, 0.1) is 5.82 Å². The van der Waals surface area contributed by atoms with Crippen LogP contribution in [0.1, 0.15) is 23.6 Å². The first kappa shape index (κ1) is 21.7. The van der Waals surface area contributed by atoms with E-state index in [1.807, 2.05) is 60.7 Å². The summed E-state index contributed by atoms with van der Waals surface area (Å²) in [5.41, 5.74) is -0.899. The minimum atomic E-state index is -3.28. The fourth-order valence-electron chi connectivity index (χ4n) is 3.72. The topological polar surface area (TPSA) is 34.0 Å². The summed E-state index contributed by atoms with van der Waals surface area (Å²) in [6.45, 7) is 0.706. The number of ether oxygens (including phenoxy) is 1.